The van der Waals surface area contributed by atoms with Crippen LogP contribution < -0.4 is 10.1 Å². The number of aromatic nitrogens is 3. The first-order valence-electron chi connectivity index (χ1n) is 8.69. The molecule has 134 valence electrons. The fourth-order valence-corrected chi connectivity index (χ4v) is 3.43. The Kier molecular flexibility index (Phi) is 5.96. The number of rotatable bonds is 9. The summed E-state index contributed by atoms with van der Waals surface area (Å²) in [5.41, 5.74) is 1.16. The second-order valence-electron chi connectivity index (χ2n) is 6.16. The van der Waals surface area contributed by atoms with Gasteiger partial charge in [-0.1, -0.05) is 23.9 Å². The molecule has 2 aromatic rings. The molecule has 7 heteroatoms. The number of hydrogen-bond acceptors (Lipinski definition) is 5. The molecule has 1 saturated carbocycles. The highest BCUT2D eigenvalue weighted by molar-refractivity contribution is 7.99. The van der Waals surface area contributed by atoms with Crippen molar-refractivity contribution in [1.82, 2.24) is 20.1 Å². The average Bonchev–Trinajstić information content (AvgIpc) is 3.37. The topological polar surface area (TPSA) is 69.0 Å². The maximum absolute atomic E-state index is 12.0. The van der Waals surface area contributed by atoms with Crippen molar-refractivity contribution in [2.24, 2.45) is 0 Å². The molecule has 0 saturated heterocycles. The second-order valence-corrected chi connectivity index (χ2v) is 7.11. The predicted molar refractivity (Wildman–Crippen MR) is 98.1 cm³/mol. The molecule has 1 amide bonds. The minimum absolute atomic E-state index is 0.0172. The number of benzene rings is 1. The van der Waals surface area contributed by atoms with Gasteiger partial charge in [-0.25, -0.2) is 0 Å². The molecule has 0 aliphatic heterocycles. The Morgan fingerprint density at radius 1 is 1.40 bits per heavy atom. The molecule has 6 nitrogen and oxygen atoms in total. The molecule has 0 spiro atoms. The molecule has 25 heavy (non-hydrogen) atoms. The van der Waals surface area contributed by atoms with Gasteiger partial charge in [0.15, 0.2) is 5.16 Å². The van der Waals surface area contributed by atoms with E-state index in [1.54, 1.807) is 0 Å². The van der Waals surface area contributed by atoms with Crippen molar-refractivity contribution in [2.45, 2.75) is 44.3 Å². The Morgan fingerprint density at radius 2 is 2.24 bits per heavy atom. The van der Waals surface area contributed by atoms with E-state index in [1.165, 1.54) is 24.6 Å². The molecule has 1 heterocycles. The summed E-state index contributed by atoms with van der Waals surface area (Å²) in [6.07, 6.45) is 2.40. The third-order valence-corrected chi connectivity index (χ3v) is 4.99. The predicted octanol–water partition coefficient (Wildman–Crippen LogP) is 2.77. The highest BCUT2D eigenvalue weighted by Crippen LogP contribution is 2.39. The first-order valence-corrected chi connectivity index (χ1v) is 9.68. The van der Waals surface area contributed by atoms with Crippen LogP contribution in [0.25, 0.3) is 0 Å². The quantitative estimate of drug-likeness (QED) is 0.550. The third kappa shape index (κ3) is 4.98. The van der Waals surface area contributed by atoms with Crippen LogP contribution in [0.5, 0.6) is 5.75 Å². The van der Waals surface area contributed by atoms with Crippen LogP contribution in [0, 0.1) is 6.92 Å². The van der Waals surface area contributed by atoms with Crippen LogP contribution in [0.3, 0.4) is 0 Å². The number of hydrogen-bond donors (Lipinski definition) is 1. The Bertz CT molecular complexity index is 728. The van der Waals surface area contributed by atoms with Crippen LogP contribution in [0.15, 0.2) is 29.4 Å². The number of thioether (sulfide) groups is 1. The number of nitrogens with zero attached hydrogens (tertiary/aromatic N) is 3. The molecule has 0 unspecified atom stereocenters. The normalized spacial score (nSPS) is 13.7. The lowest BCUT2D eigenvalue weighted by molar-refractivity contribution is -0.118. The van der Waals surface area contributed by atoms with Gasteiger partial charge in [0.05, 0.1) is 12.3 Å². The molecule has 1 aliphatic rings. The summed E-state index contributed by atoms with van der Waals surface area (Å²) in [7, 11) is 0. The smallest absolute Gasteiger partial charge is 0.230 e. The SMILES string of the molecule is CCn1c(SCC(=O)NCCOc2cccc(C)c2)nnc1C1CC1. The van der Waals surface area contributed by atoms with E-state index in [9.17, 15) is 4.79 Å². The molecule has 3 rings (SSSR count). The van der Waals surface area contributed by atoms with Crippen molar-refractivity contribution >= 4 is 17.7 Å². The van der Waals surface area contributed by atoms with E-state index in [4.69, 9.17) is 4.74 Å². The molecule has 0 bridgehead atoms. The zero-order chi connectivity index (χ0) is 17.6. The Balaban J connectivity index is 1.38. The Labute approximate surface area is 152 Å². The van der Waals surface area contributed by atoms with Gasteiger partial charge in [0, 0.05) is 12.5 Å². The molecule has 1 aliphatic carbocycles. The molecule has 0 radical (unpaired) electrons. The van der Waals surface area contributed by atoms with E-state index >= 15 is 0 Å². The van der Waals surface area contributed by atoms with Crippen LogP contribution >= 0.6 is 11.8 Å². The van der Waals surface area contributed by atoms with Crippen LogP contribution in [0.1, 0.15) is 37.1 Å². The van der Waals surface area contributed by atoms with Gasteiger partial charge in [-0.05, 0) is 44.4 Å². The maximum Gasteiger partial charge on any atom is 0.230 e. The standard InChI is InChI=1S/C18H24N4O2S/c1-3-22-17(14-7-8-14)20-21-18(22)25-12-16(23)19-9-10-24-15-6-4-5-13(2)11-15/h4-6,11,14H,3,7-10,12H2,1-2H3,(H,19,23). The van der Waals surface area contributed by atoms with Crippen molar-refractivity contribution < 1.29 is 9.53 Å². The first-order chi connectivity index (χ1) is 12.2. The molecule has 1 fully saturated rings. The summed E-state index contributed by atoms with van der Waals surface area (Å²) in [6, 6.07) is 7.88. The average molecular weight is 360 g/mol. The summed E-state index contributed by atoms with van der Waals surface area (Å²) in [6.45, 7) is 5.89. The number of amides is 1. The van der Waals surface area contributed by atoms with Crippen LogP contribution in [-0.2, 0) is 11.3 Å². The zero-order valence-corrected chi connectivity index (χ0v) is 15.5. The minimum Gasteiger partial charge on any atom is -0.492 e. The van der Waals surface area contributed by atoms with Gasteiger partial charge in [0.1, 0.15) is 18.2 Å². The lowest BCUT2D eigenvalue weighted by Gasteiger charge is -2.09. The number of ether oxygens (including phenoxy) is 1. The summed E-state index contributed by atoms with van der Waals surface area (Å²) in [5.74, 6) is 2.78. The van der Waals surface area contributed by atoms with Crippen molar-refractivity contribution in [3.05, 3.63) is 35.7 Å². The fraction of sp³-hybridized carbons (Fsp3) is 0.500. The highest BCUT2D eigenvalue weighted by atomic mass is 32.2. The van der Waals surface area contributed by atoms with Crippen LogP contribution in [0.2, 0.25) is 0 Å². The monoisotopic (exact) mass is 360 g/mol. The van der Waals surface area contributed by atoms with Crippen molar-refractivity contribution in [3.63, 3.8) is 0 Å². The van der Waals surface area contributed by atoms with E-state index in [2.05, 4.69) is 27.0 Å². The largest absolute Gasteiger partial charge is 0.492 e. The van der Waals surface area contributed by atoms with Crippen LogP contribution in [0.4, 0.5) is 0 Å². The minimum atomic E-state index is -0.0172. The van der Waals surface area contributed by atoms with Gasteiger partial charge in [-0.2, -0.15) is 0 Å². The first kappa shape index (κ1) is 17.8. The van der Waals surface area contributed by atoms with Crippen molar-refractivity contribution in [2.75, 3.05) is 18.9 Å². The van der Waals surface area contributed by atoms with E-state index in [-0.39, 0.29) is 5.91 Å². The van der Waals surface area contributed by atoms with Gasteiger partial charge in [-0.15, -0.1) is 10.2 Å². The Morgan fingerprint density at radius 3 is 2.96 bits per heavy atom. The van der Waals surface area contributed by atoms with E-state index in [1.807, 2.05) is 31.2 Å². The van der Waals surface area contributed by atoms with E-state index in [0.717, 1.165) is 28.8 Å². The lowest BCUT2D eigenvalue weighted by atomic mass is 10.2. The Hall–Kier alpha value is -2.02. The van der Waals surface area contributed by atoms with E-state index in [0.29, 0.717) is 24.8 Å². The summed E-state index contributed by atoms with van der Waals surface area (Å²) in [5, 5.41) is 12.2. The number of aryl methyl sites for hydroxylation is 1. The van der Waals surface area contributed by atoms with E-state index < -0.39 is 0 Å². The molecular formula is C18H24N4O2S. The summed E-state index contributed by atoms with van der Waals surface area (Å²) in [4.78, 5) is 12.0. The van der Waals surface area contributed by atoms with Crippen molar-refractivity contribution in [1.29, 1.82) is 0 Å². The molecular weight excluding hydrogens is 336 g/mol. The zero-order valence-electron chi connectivity index (χ0n) is 14.7. The maximum atomic E-state index is 12.0. The van der Waals surface area contributed by atoms with Gasteiger partial charge in [0.2, 0.25) is 5.91 Å². The highest BCUT2D eigenvalue weighted by Gasteiger charge is 2.30. The number of carbonyl (C=O) groups is 1. The summed E-state index contributed by atoms with van der Waals surface area (Å²) >= 11 is 1.44. The number of carbonyl (C=O) groups excluding carboxylic acids is 1. The summed E-state index contributed by atoms with van der Waals surface area (Å²) < 4.78 is 7.75. The molecule has 1 N–H and O–H groups in total. The second kappa shape index (κ2) is 8.38. The van der Waals surface area contributed by atoms with Gasteiger partial charge in [-0.3, -0.25) is 4.79 Å². The van der Waals surface area contributed by atoms with Gasteiger partial charge < -0.3 is 14.6 Å². The lowest BCUT2D eigenvalue weighted by Crippen LogP contribution is -2.29. The van der Waals surface area contributed by atoms with Gasteiger partial charge in [0.25, 0.3) is 0 Å². The number of nitrogens with one attached hydrogen (secondary N) is 1. The third-order valence-electron chi connectivity index (χ3n) is 4.02. The van der Waals surface area contributed by atoms with Crippen molar-refractivity contribution in [3.8, 4) is 5.75 Å². The van der Waals surface area contributed by atoms with Gasteiger partial charge >= 0.3 is 0 Å². The molecule has 1 aromatic heterocycles. The van der Waals surface area contributed by atoms with Crippen LogP contribution in [-0.4, -0.2) is 39.6 Å². The fourth-order valence-electron chi connectivity index (χ4n) is 2.59. The molecule has 1 aromatic carbocycles. The molecule has 0 atom stereocenters.